The topological polar surface area (TPSA) is 165 Å². The molecule has 3 aromatic rings. The number of likely N-dealkylation sites (N-methyl/N-ethyl adjacent to an activating group) is 1. The molecule has 1 aliphatic carbocycles. The predicted octanol–water partition coefficient (Wildman–Crippen LogP) is 6.06. The third kappa shape index (κ3) is 7.28. The number of carbonyl (C=O) groups is 2. The molecule has 0 radical (unpaired) electrons. The monoisotopic (exact) mass is 846 g/mol. The number of rotatable bonds is 5. The summed E-state index contributed by atoms with van der Waals surface area (Å²) < 4.78 is 12.3. The Hall–Kier alpha value is -3.94. The molecular weight excluding hydrogens is 771 g/mol. The molecule has 338 valence electrons. The van der Waals surface area contributed by atoms with E-state index in [9.17, 15) is 15.3 Å². The molecule has 1 spiro atoms. The molecule has 6 aliphatic rings. The maximum atomic E-state index is 15.1. The standard InChI is InChI=1S/C42H54N4O6.3C2H6.CH3NO/c1-6-39(50)21-25-22-42(38(49)52-5,34-27(13-17-45(23-25)24-39)26-11-8-9-12-30(26)43-34)29-19-28-31(20-32(29)51-4)44(3)35-33(47)36(48)40(7-2)14-10-16-46-18-15-41(28,35)37(40)46;3*1-2;2-1-3/h8-12,14,19-20,25,33,35-37,43,47-48,50H,6-7,13,15-18,21-24H2,1-5H3;3*1-2H3;1H,(H2,2,3)/t25-,33?,35?,36?,37?,39?,40+,41+,42+;;;;/m1..../s1. The Labute approximate surface area is 364 Å². The van der Waals surface area contributed by atoms with Crippen molar-refractivity contribution in [3.8, 4) is 5.75 Å². The second kappa shape index (κ2) is 19.2. The molecule has 2 saturated heterocycles. The van der Waals surface area contributed by atoms with E-state index < -0.39 is 34.1 Å². The maximum absolute atomic E-state index is 15.1. The third-order valence-electron chi connectivity index (χ3n) is 14.8. The lowest BCUT2D eigenvalue weighted by Gasteiger charge is -2.60. The number of amides is 1. The van der Waals surface area contributed by atoms with Gasteiger partial charge in [-0.25, -0.2) is 0 Å². The summed E-state index contributed by atoms with van der Waals surface area (Å²) in [6.07, 6.45) is 6.57. The van der Waals surface area contributed by atoms with E-state index in [1.807, 2.05) is 54.7 Å². The van der Waals surface area contributed by atoms with Crippen molar-refractivity contribution in [2.75, 3.05) is 58.9 Å². The number of hydrogen-bond acceptors (Lipinski definition) is 10. The molecule has 6 unspecified atom stereocenters. The van der Waals surface area contributed by atoms with Crippen LogP contribution in [0.4, 0.5) is 5.69 Å². The molecule has 6 N–H and O–H groups in total. The normalized spacial score (nSPS) is 33.9. The summed E-state index contributed by atoms with van der Waals surface area (Å²) in [6, 6.07) is 12.2. The SMILES string of the molecule is CC.CC.CC.CCC1(O)C[C@H]2CN(CCc3c([nH]c4ccccc34)[C@@](C(=O)OC)(c3cc4c(cc3OC)N(C)C3C(O)C(O)[C@]5(CC)C=CCN6CC[C@]43C65)C2)C1.NC=O. The fraction of sp³-hybridized carbons (Fsp3) is 0.633. The third-order valence-corrected chi connectivity index (χ3v) is 14.8. The number of aromatic amines is 1. The number of nitrogens with zero attached hydrogens (tertiary/aromatic N) is 3. The number of para-hydroxylation sites is 1. The number of hydrogen-bond donors (Lipinski definition) is 5. The molecule has 1 aromatic heterocycles. The highest BCUT2D eigenvalue weighted by atomic mass is 16.5. The molecule has 1 amide bonds. The van der Waals surface area contributed by atoms with Gasteiger partial charge in [-0.05, 0) is 74.2 Å². The van der Waals surface area contributed by atoms with Gasteiger partial charge in [-0.15, -0.1) is 0 Å². The highest BCUT2D eigenvalue weighted by Crippen LogP contribution is 2.65. The van der Waals surface area contributed by atoms with Crippen LogP contribution in [0.3, 0.4) is 0 Å². The number of aromatic nitrogens is 1. The first-order valence-electron chi connectivity index (χ1n) is 23.0. The second-order valence-corrected chi connectivity index (χ2v) is 17.0. The van der Waals surface area contributed by atoms with E-state index in [-0.39, 0.29) is 30.4 Å². The number of benzene rings is 2. The first kappa shape index (κ1) is 48.1. The summed E-state index contributed by atoms with van der Waals surface area (Å²) in [5.41, 5.74) is 6.61. The molecular formula is C49H75N5O7. The number of ether oxygens (including phenoxy) is 2. The Bertz CT molecular complexity index is 2020. The minimum absolute atomic E-state index is 0.00782. The quantitative estimate of drug-likeness (QED) is 0.116. The predicted molar refractivity (Wildman–Crippen MR) is 244 cm³/mol. The van der Waals surface area contributed by atoms with Crippen LogP contribution in [0.1, 0.15) is 110 Å². The molecule has 2 aromatic carbocycles. The van der Waals surface area contributed by atoms with Crippen molar-refractivity contribution in [1.82, 2.24) is 14.8 Å². The van der Waals surface area contributed by atoms with Crippen molar-refractivity contribution in [2.45, 2.75) is 135 Å². The Morgan fingerprint density at radius 2 is 1.69 bits per heavy atom. The van der Waals surface area contributed by atoms with Crippen LogP contribution in [-0.4, -0.2) is 126 Å². The minimum atomic E-state index is -1.29. The minimum Gasteiger partial charge on any atom is -0.496 e. The molecule has 10 atom stereocenters. The van der Waals surface area contributed by atoms with Crippen LogP contribution in [0.25, 0.3) is 10.9 Å². The van der Waals surface area contributed by atoms with E-state index >= 15 is 4.79 Å². The summed E-state index contributed by atoms with van der Waals surface area (Å²) in [6.45, 7) is 20.0. The highest BCUT2D eigenvalue weighted by Gasteiger charge is 2.72. The molecule has 9 rings (SSSR count). The number of primary amides is 1. The van der Waals surface area contributed by atoms with Gasteiger partial charge in [0.2, 0.25) is 6.41 Å². The number of aliphatic hydroxyl groups excluding tert-OH is 2. The summed E-state index contributed by atoms with van der Waals surface area (Å²) in [5.74, 6) is 0.226. The maximum Gasteiger partial charge on any atom is 0.322 e. The number of fused-ring (bicyclic) bond motifs is 6. The zero-order chi connectivity index (χ0) is 45.1. The van der Waals surface area contributed by atoms with Crippen molar-refractivity contribution in [1.29, 1.82) is 0 Å². The van der Waals surface area contributed by atoms with E-state index in [1.54, 1.807) is 7.11 Å². The summed E-state index contributed by atoms with van der Waals surface area (Å²) in [5, 5.41) is 37.1. The van der Waals surface area contributed by atoms with Crippen LogP contribution in [0.5, 0.6) is 5.75 Å². The van der Waals surface area contributed by atoms with Gasteiger partial charge >= 0.3 is 5.97 Å². The number of nitrogens with one attached hydrogen (secondary N) is 1. The molecule has 2 bridgehead atoms. The van der Waals surface area contributed by atoms with Crippen LogP contribution in [0.15, 0.2) is 48.6 Å². The first-order valence-corrected chi connectivity index (χ1v) is 23.0. The molecule has 5 aliphatic heterocycles. The van der Waals surface area contributed by atoms with Crippen molar-refractivity contribution < 1.29 is 34.4 Å². The molecule has 12 nitrogen and oxygen atoms in total. The molecule has 61 heavy (non-hydrogen) atoms. The van der Waals surface area contributed by atoms with E-state index in [2.05, 4.69) is 81.7 Å². The molecule has 1 saturated carbocycles. The van der Waals surface area contributed by atoms with Crippen molar-refractivity contribution in [3.05, 3.63) is 70.9 Å². The Kier molecular flexibility index (Phi) is 15.1. The van der Waals surface area contributed by atoms with E-state index in [0.29, 0.717) is 44.4 Å². The van der Waals surface area contributed by atoms with Gasteiger partial charge in [0.1, 0.15) is 17.3 Å². The second-order valence-electron chi connectivity index (χ2n) is 17.0. The largest absolute Gasteiger partial charge is 0.496 e. The van der Waals surface area contributed by atoms with Crippen LogP contribution in [-0.2, 0) is 31.6 Å². The van der Waals surface area contributed by atoms with E-state index in [4.69, 9.17) is 14.3 Å². The van der Waals surface area contributed by atoms with E-state index in [0.717, 1.165) is 71.6 Å². The van der Waals surface area contributed by atoms with Crippen molar-refractivity contribution in [2.24, 2.45) is 17.1 Å². The average Bonchev–Trinajstić information content (AvgIpc) is 3.96. The lowest BCUT2D eigenvalue weighted by Crippen LogP contribution is -2.73. The number of H-pyrrole nitrogens is 1. The van der Waals surface area contributed by atoms with Gasteiger partial charge in [0.15, 0.2) is 0 Å². The Morgan fingerprint density at radius 1 is 1.00 bits per heavy atom. The Balaban J connectivity index is 0.000000731. The fourth-order valence-corrected chi connectivity index (χ4v) is 12.6. The van der Waals surface area contributed by atoms with E-state index in [1.165, 1.54) is 7.11 Å². The summed E-state index contributed by atoms with van der Waals surface area (Å²) in [4.78, 5) is 34.5. The number of piperidine rings is 1. The number of anilines is 1. The lowest BCUT2D eigenvalue weighted by atomic mass is 9.51. The Morgan fingerprint density at radius 3 is 2.33 bits per heavy atom. The number of esters is 1. The smallest absolute Gasteiger partial charge is 0.322 e. The van der Waals surface area contributed by atoms with Gasteiger partial charge in [-0.3, -0.25) is 19.4 Å². The lowest BCUT2D eigenvalue weighted by molar-refractivity contribution is -0.147. The van der Waals surface area contributed by atoms with Crippen LogP contribution < -0.4 is 15.4 Å². The van der Waals surface area contributed by atoms with Gasteiger partial charge in [0.25, 0.3) is 0 Å². The molecule has 3 fully saturated rings. The molecule has 12 heteroatoms. The number of methoxy groups -OCH3 is 2. The zero-order valence-corrected chi connectivity index (χ0v) is 38.8. The van der Waals surface area contributed by atoms with Crippen LogP contribution in [0, 0.1) is 11.3 Å². The summed E-state index contributed by atoms with van der Waals surface area (Å²) >= 11 is 0. The van der Waals surface area contributed by atoms with Crippen molar-refractivity contribution in [3.63, 3.8) is 0 Å². The number of nitrogens with two attached hydrogens (primary N) is 1. The zero-order valence-electron chi connectivity index (χ0n) is 38.8. The van der Waals surface area contributed by atoms with Crippen LogP contribution in [0.2, 0.25) is 0 Å². The van der Waals surface area contributed by atoms with Crippen LogP contribution >= 0.6 is 0 Å². The van der Waals surface area contributed by atoms with Gasteiger partial charge in [-0.1, -0.05) is 85.7 Å². The van der Waals surface area contributed by atoms with Gasteiger partial charge < -0.3 is 40.4 Å². The van der Waals surface area contributed by atoms with Gasteiger partial charge in [0, 0.05) is 84.0 Å². The van der Waals surface area contributed by atoms with Crippen molar-refractivity contribution >= 4 is 29.0 Å². The number of carbonyl (C=O) groups excluding carboxylic acids is 2. The van der Waals surface area contributed by atoms with Gasteiger partial charge in [0.05, 0.1) is 32.0 Å². The fourth-order valence-electron chi connectivity index (χ4n) is 12.6. The first-order chi connectivity index (χ1) is 29.4. The number of aliphatic hydroxyl groups is 3. The molecule has 6 heterocycles. The highest BCUT2D eigenvalue weighted by molar-refractivity contribution is 5.94. The average molecular weight is 846 g/mol. The van der Waals surface area contributed by atoms with Gasteiger partial charge in [-0.2, -0.15) is 0 Å². The summed E-state index contributed by atoms with van der Waals surface area (Å²) in [7, 11) is 5.18.